The number of fused-ring (bicyclic) bond motifs is 1. The number of rotatable bonds is 5. The Morgan fingerprint density at radius 2 is 2.22 bits per heavy atom. The summed E-state index contributed by atoms with van der Waals surface area (Å²) in [7, 11) is 0. The number of nitrogens with one attached hydrogen (secondary N) is 2. The molecule has 18 heavy (non-hydrogen) atoms. The number of aromatic amines is 1. The van der Waals surface area contributed by atoms with Crippen LogP contribution >= 0.6 is 0 Å². The molecule has 3 N–H and O–H groups in total. The van der Waals surface area contributed by atoms with Crippen molar-refractivity contribution in [2.75, 3.05) is 6.54 Å². The quantitative estimate of drug-likeness (QED) is 0.707. The fraction of sp³-hybridized carbons (Fsp3) is 0.357. The van der Waals surface area contributed by atoms with Crippen molar-refractivity contribution in [3.05, 3.63) is 36.0 Å². The maximum Gasteiger partial charge on any atom is 0.267 e. The lowest BCUT2D eigenvalue weighted by atomic mass is 10.2. The second kappa shape index (κ2) is 5.69. The molecule has 4 heteroatoms. The third kappa shape index (κ3) is 3.11. The summed E-state index contributed by atoms with van der Waals surface area (Å²) in [6, 6.07) is 9.64. The van der Waals surface area contributed by atoms with Gasteiger partial charge < -0.3 is 15.4 Å². The SMILES string of the molecule is CC(O)CCCNC(=O)c1cc2ccccc2[nH]1. The van der Waals surface area contributed by atoms with Crippen LogP contribution in [0.5, 0.6) is 0 Å². The van der Waals surface area contributed by atoms with Crippen LogP contribution in [0.25, 0.3) is 10.9 Å². The van der Waals surface area contributed by atoms with Crippen LogP contribution in [0.2, 0.25) is 0 Å². The van der Waals surface area contributed by atoms with Crippen LogP contribution in [0.15, 0.2) is 30.3 Å². The first kappa shape index (κ1) is 12.6. The van der Waals surface area contributed by atoms with E-state index in [0.717, 1.165) is 17.3 Å². The highest BCUT2D eigenvalue weighted by molar-refractivity contribution is 5.97. The van der Waals surface area contributed by atoms with Crippen molar-refractivity contribution in [1.29, 1.82) is 0 Å². The molecule has 2 aromatic rings. The van der Waals surface area contributed by atoms with E-state index in [9.17, 15) is 4.79 Å². The Labute approximate surface area is 106 Å². The lowest BCUT2D eigenvalue weighted by molar-refractivity contribution is 0.0945. The molecular formula is C14H18N2O2. The second-order valence-corrected chi connectivity index (χ2v) is 4.52. The van der Waals surface area contributed by atoms with Gasteiger partial charge in [-0.1, -0.05) is 18.2 Å². The van der Waals surface area contributed by atoms with Gasteiger partial charge in [-0.3, -0.25) is 4.79 Å². The van der Waals surface area contributed by atoms with Gasteiger partial charge in [0.25, 0.3) is 5.91 Å². The van der Waals surface area contributed by atoms with Gasteiger partial charge in [0, 0.05) is 17.4 Å². The molecule has 1 unspecified atom stereocenters. The molecule has 1 amide bonds. The number of H-pyrrole nitrogens is 1. The summed E-state index contributed by atoms with van der Waals surface area (Å²) in [5, 5.41) is 13.0. The van der Waals surface area contributed by atoms with Crippen LogP contribution in [-0.4, -0.2) is 28.6 Å². The highest BCUT2D eigenvalue weighted by Gasteiger charge is 2.08. The van der Waals surface area contributed by atoms with Gasteiger partial charge in [-0.15, -0.1) is 0 Å². The summed E-state index contributed by atoms with van der Waals surface area (Å²) < 4.78 is 0. The summed E-state index contributed by atoms with van der Waals surface area (Å²) in [6.07, 6.45) is 1.17. The number of benzene rings is 1. The van der Waals surface area contributed by atoms with E-state index in [-0.39, 0.29) is 12.0 Å². The average Bonchev–Trinajstić information content (AvgIpc) is 2.78. The van der Waals surface area contributed by atoms with Gasteiger partial charge in [0.15, 0.2) is 0 Å². The Hall–Kier alpha value is -1.81. The number of aliphatic hydroxyl groups excluding tert-OH is 1. The summed E-state index contributed by atoms with van der Waals surface area (Å²) in [6.45, 7) is 2.33. The van der Waals surface area contributed by atoms with E-state index in [1.807, 2.05) is 30.3 Å². The number of carbonyl (C=O) groups is 1. The molecule has 1 aromatic heterocycles. The molecule has 0 aliphatic carbocycles. The number of hydrogen-bond donors (Lipinski definition) is 3. The molecule has 0 spiro atoms. The van der Waals surface area contributed by atoms with E-state index in [0.29, 0.717) is 18.7 Å². The average molecular weight is 246 g/mol. The third-order valence-electron chi connectivity index (χ3n) is 2.86. The van der Waals surface area contributed by atoms with Crippen molar-refractivity contribution in [2.45, 2.75) is 25.9 Å². The Balaban J connectivity index is 1.92. The Bertz CT molecular complexity index is 498. The van der Waals surface area contributed by atoms with Crippen molar-refractivity contribution in [1.82, 2.24) is 10.3 Å². The monoisotopic (exact) mass is 246 g/mol. The molecule has 1 aromatic carbocycles. The number of para-hydroxylation sites is 1. The van der Waals surface area contributed by atoms with Crippen molar-refractivity contribution in [3.63, 3.8) is 0 Å². The first-order valence-electron chi connectivity index (χ1n) is 6.21. The minimum Gasteiger partial charge on any atom is -0.393 e. The maximum atomic E-state index is 11.9. The molecule has 0 radical (unpaired) electrons. The molecule has 4 nitrogen and oxygen atoms in total. The Morgan fingerprint density at radius 1 is 1.44 bits per heavy atom. The zero-order valence-electron chi connectivity index (χ0n) is 10.4. The first-order valence-corrected chi connectivity index (χ1v) is 6.21. The fourth-order valence-corrected chi connectivity index (χ4v) is 1.89. The van der Waals surface area contributed by atoms with Crippen molar-refractivity contribution in [3.8, 4) is 0 Å². The molecule has 1 atom stereocenters. The normalized spacial score (nSPS) is 12.6. The third-order valence-corrected chi connectivity index (χ3v) is 2.86. The van der Waals surface area contributed by atoms with Crippen LogP contribution < -0.4 is 5.32 Å². The van der Waals surface area contributed by atoms with Gasteiger partial charge in [0.1, 0.15) is 5.69 Å². The number of carbonyl (C=O) groups excluding carboxylic acids is 1. The largest absolute Gasteiger partial charge is 0.393 e. The van der Waals surface area contributed by atoms with Crippen LogP contribution in [0, 0.1) is 0 Å². The van der Waals surface area contributed by atoms with Crippen molar-refractivity contribution in [2.24, 2.45) is 0 Å². The maximum absolute atomic E-state index is 11.9. The number of amides is 1. The topological polar surface area (TPSA) is 65.1 Å². The molecule has 0 saturated carbocycles. The van der Waals surface area contributed by atoms with Crippen LogP contribution in [-0.2, 0) is 0 Å². The second-order valence-electron chi connectivity index (χ2n) is 4.52. The molecule has 0 fully saturated rings. The van der Waals surface area contributed by atoms with E-state index in [2.05, 4.69) is 10.3 Å². The summed E-state index contributed by atoms with van der Waals surface area (Å²) >= 11 is 0. The Morgan fingerprint density at radius 3 is 2.94 bits per heavy atom. The predicted molar refractivity (Wildman–Crippen MR) is 71.5 cm³/mol. The summed E-state index contributed by atoms with van der Waals surface area (Å²) in [4.78, 5) is 14.9. The molecule has 96 valence electrons. The van der Waals surface area contributed by atoms with E-state index in [1.165, 1.54) is 0 Å². The molecule has 0 saturated heterocycles. The van der Waals surface area contributed by atoms with E-state index >= 15 is 0 Å². The highest BCUT2D eigenvalue weighted by Crippen LogP contribution is 2.14. The molecule has 0 aliphatic heterocycles. The Kier molecular flexibility index (Phi) is 3.99. The number of aliphatic hydroxyl groups is 1. The minimum atomic E-state index is -0.310. The highest BCUT2D eigenvalue weighted by atomic mass is 16.3. The molecule has 1 heterocycles. The van der Waals surface area contributed by atoms with Gasteiger partial charge in [0.05, 0.1) is 6.10 Å². The van der Waals surface area contributed by atoms with Crippen LogP contribution in [0.4, 0.5) is 0 Å². The van der Waals surface area contributed by atoms with Crippen molar-refractivity contribution >= 4 is 16.8 Å². The van der Waals surface area contributed by atoms with Crippen LogP contribution in [0.1, 0.15) is 30.3 Å². The first-order chi connectivity index (χ1) is 8.66. The number of hydrogen-bond acceptors (Lipinski definition) is 2. The molecular weight excluding hydrogens is 228 g/mol. The fourth-order valence-electron chi connectivity index (χ4n) is 1.89. The van der Waals surface area contributed by atoms with E-state index < -0.39 is 0 Å². The van der Waals surface area contributed by atoms with Gasteiger partial charge in [-0.25, -0.2) is 0 Å². The zero-order valence-corrected chi connectivity index (χ0v) is 10.4. The van der Waals surface area contributed by atoms with Gasteiger partial charge >= 0.3 is 0 Å². The zero-order chi connectivity index (χ0) is 13.0. The molecule has 0 bridgehead atoms. The van der Waals surface area contributed by atoms with Crippen LogP contribution in [0.3, 0.4) is 0 Å². The predicted octanol–water partition coefficient (Wildman–Crippen LogP) is 2.06. The van der Waals surface area contributed by atoms with Gasteiger partial charge in [-0.05, 0) is 31.9 Å². The molecule has 2 rings (SSSR count). The number of aromatic nitrogens is 1. The smallest absolute Gasteiger partial charge is 0.267 e. The summed E-state index contributed by atoms with van der Waals surface area (Å²) in [5.74, 6) is -0.100. The van der Waals surface area contributed by atoms with Crippen molar-refractivity contribution < 1.29 is 9.90 Å². The molecule has 0 aliphatic rings. The lowest BCUT2D eigenvalue weighted by Gasteiger charge is -2.05. The minimum absolute atomic E-state index is 0.100. The van der Waals surface area contributed by atoms with Gasteiger partial charge in [0.2, 0.25) is 0 Å². The standard InChI is InChI=1S/C14H18N2O2/c1-10(17)5-4-8-15-14(18)13-9-11-6-2-3-7-12(11)16-13/h2-3,6-7,9-10,16-17H,4-5,8H2,1H3,(H,15,18). The lowest BCUT2D eigenvalue weighted by Crippen LogP contribution is -2.25. The van der Waals surface area contributed by atoms with E-state index in [4.69, 9.17) is 5.11 Å². The van der Waals surface area contributed by atoms with E-state index in [1.54, 1.807) is 6.92 Å². The van der Waals surface area contributed by atoms with Gasteiger partial charge in [-0.2, -0.15) is 0 Å². The summed E-state index contributed by atoms with van der Waals surface area (Å²) in [5.41, 5.74) is 1.54.